The van der Waals surface area contributed by atoms with E-state index in [1.165, 1.54) is 218 Å². The van der Waals surface area contributed by atoms with Crippen LogP contribution in [-0.2, 0) is 33.2 Å². The Labute approximate surface area is 561 Å². The maximum absolute atomic E-state index is 13.4. The summed E-state index contributed by atoms with van der Waals surface area (Å²) in [6, 6.07) is -0.968. The number of unbranched alkanes of at least 4 members (excludes halogenated alkanes) is 39. The molecule has 3 fully saturated rings. The lowest BCUT2D eigenvalue weighted by Crippen LogP contribution is -2.66. The Hall–Kier alpha value is -1.99. The van der Waals surface area contributed by atoms with Crippen molar-refractivity contribution in [1.82, 2.24) is 5.32 Å². The van der Waals surface area contributed by atoms with Crippen molar-refractivity contribution >= 4 is 5.91 Å². The molecule has 0 aliphatic carbocycles. The quantitative estimate of drug-likeness (QED) is 0.0199. The second-order valence-electron chi connectivity index (χ2n) is 27.1. The number of aliphatic hydroxyl groups excluding tert-OH is 11. The summed E-state index contributed by atoms with van der Waals surface area (Å²) < 4.78 is 34.3. The molecule has 0 saturated carbocycles. The molecule has 0 aromatic carbocycles. The van der Waals surface area contributed by atoms with E-state index in [1.807, 2.05) is 6.08 Å². The van der Waals surface area contributed by atoms with E-state index in [0.29, 0.717) is 6.42 Å². The van der Waals surface area contributed by atoms with Crippen LogP contribution in [0, 0.1) is 0 Å². The average molecular weight is 1330 g/mol. The third kappa shape index (κ3) is 37.1. The molecule has 0 spiro atoms. The molecule has 3 aliphatic rings. The van der Waals surface area contributed by atoms with Gasteiger partial charge < -0.3 is 89.9 Å². The van der Waals surface area contributed by atoms with Gasteiger partial charge in [0.05, 0.1) is 38.6 Å². The van der Waals surface area contributed by atoms with Gasteiger partial charge in [0.25, 0.3) is 0 Å². The van der Waals surface area contributed by atoms with Gasteiger partial charge in [0.15, 0.2) is 18.9 Å². The molecule has 3 rings (SSSR count). The van der Waals surface area contributed by atoms with Gasteiger partial charge in [0.2, 0.25) is 5.91 Å². The Bertz CT molecular complexity index is 1830. The first kappa shape index (κ1) is 85.2. The molecule has 0 radical (unpaired) electrons. The van der Waals surface area contributed by atoms with Crippen molar-refractivity contribution in [3.8, 4) is 0 Å². The van der Waals surface area contributed by atoms with Gasteiger partial charge in [-0.3, -0.25) is 4.79 Å². The summed E-state index contributed by atoms with van der Waals surface area (Å²) in [6.45, 7) is 1.70. The average Bonchev–Trinajstić information content (AvgIpc) is 0.828. The second kappa shape index (κ2) is 55.8. The number of carbonyl (C=O) groups excluding carboxylic acids is 1. The Morgan fingerprint density at radius 2 is 0.710 bits per heavy atom. The number of allylic oxidation sites excluding steroid dienone is 5. The van der Waals surface area contributed by atoms with Crippen LogP contribution in [0.2, 0.25) is 0 Å². The standard InChI is InChI=1S/C74H137NO18/c1-3-5-7-9-11-13-14-15-16-17-18-19-20-21-22-23-24-25-26-27-28-29-30-31-32-33-34-35-36-37-38-39-40-41-42-44-46-48-50-52-62(80)75-57(58(79)51-49-47-45-43-12-10-8-6-4-2)56-88-72-68(86)65(83)70(60(54-77)90-72)93-74-69(87)66(84)71(61(55-78)91-74)92-73-67(85)64(82)63(81)59(53-76)89-73/h14-15,17-18,49,51,57-61,63-74,76-79,81-87H,3-13,16,19-48,50,52-56H2,1-2H3,(H,75,80)/b15-14-,18-17-,51-49+. The van der Waals surface area contributed by atoms with E-state index < -0.39 is 124 Å². The van der Waals surface area contributed by atoms with E-state index in [2.05, 4.69) is 43.5 Å². The monoisotopic (exact) mass is 1330 g/mol. The summed E-state index contributed by atoms with van der Waals surface area (Å²) in [4.78, 5) is 13.4. The number of nitrogens with one attached hydrogen (secondary N) is 1. The maximum atomic E-state index is 13.4. The summed E-state index contributed by atoms with van der Waals surface area (Å²) in [5.74, 6) is -0.273. The highest BCUT2D eigenvalue weighted by Crippen LogP contribution is 2.33. The first-order valence-corrected chi connectivity index (χ1v) is 37.7. The molecule has 546 valence electrons. The fourth-order valence-corrected chi connectivity index (χ4v) is 12.8. The van der Waals surface area contributed by atoms with Crippen LogP contribution in [0.1, 0.15) is 296 Å². The molecule has 19 heteroatoms. The van der Waals surface area contributed by atoms with E-state index in [1.54, 1.807) is 6.08 Å². The van der Waals surface area contributed by atoms with Gasteiger partial charge in [0, 0.05) is 6.42 Å². The van der Waals surface area contributed by atoms with Crippen molar-refractivity contribution in [3.63, 3.8) is 0 Å². The van der Waals surface area contributed by atoms with E-state index in [4.69, 9.17) is 28.4 Å². The smallest absolute Gasteiger partial charge is 0.220 e. The molecule has 93 heavy (non-hydrogen) atoms. The lowest BCUT2D eigenvalue weighted by Gasteiger charge is -2.48. The number of hydrogen-bond donors (Lipinski definition) is 12. The van der Waals surface area contributed by atoms with Crippen LogP contribution in [0.4, 0.5) is 0 Å². The Morgan fingerprint density at radius 1 is 0.387 bits per heavy atom. The molecule has 12 N–H and O–H groups in total. The van der Waals surface area contributed by atoms with Crippen LogP contribution in [0.25, 0.3) is 0 Å². The van der Waals surface area contributed by atoms with Gasteiger partial charge in [-0.15, -0.1) is 0 Å². The molecule has 0 bridgehead atoms. The fraction of sp³-hybridized carbons (Fsp3) is 0.905. The van der Waals surface area contributed by atoms with Crippen molar-refractivity contribution in [2.75, 3.05) is 26.4 Å². The highest BCUT2D eigenvalue weighted by molar-refractivity contribution is 5.76. The molecular formula is C74H137NO18. The van der Waals surface area contributed by atoms with Crippen molar-refractivity contribution in [2.45, 2.75) is 401 Å². The van der Waals surface area contributed by atoms with Crippen molar-refractivity contribution in [3.05, 3.63) is 36.5 Å². The van der Waals surface area contributed by atoms with Gasteiger partial charge in [-0.05, 0) is 51.4 Å². The van der Waals surface area contributed by atoms with Gasteiger partial charge >= 0.3 is 0 Å². The highest BCUT2D eigenvalue weighted by atomic mass is 16.8. The molecule has 3 aliphatic heterocycles. The first-order chi connectivity index (χ1) is 45.3. The lowest BCUT2D eigenvalue weighted by molar-refractivity contribution is -0.379. The predicted molar refractivity (Wildman–Crippen MR) is 365 cm³/mol. The van der Waals surface area contributed by atoms with E-state index >= 15 is 0 Å². The Balaban J connectivity index is 1.25. The number of amides is 1. The van der Waals surface area contributed by atoms with Gasteiger partial charge in [-0.1, -0.05) is 275 Å². The minimum absolute atomic E-state index is 0.247. The van der Waals surface area contributed by atoms with E-state index in [-0.39, 0.29) is 18.9 Å². The Morgan fingerprint density at radius 3 is 1.10 bits per heavy atom. The van der Waals surface area contributed by atoms with Crippen LogP contribution in [0.5, 0.6) is 0 Å². The van der Waals surface area contributed by atoms with Crippen LogP contribution in [0.3, 0.4) is 0 Å². The SMILES string of the molecule is CCCCCCC/C=C\C/C=C\CCCCCCCCCCCCCCCCCCCCCCCCCCCCCC(=O)NC(COC1OC(CO)C(OC2OC(CO)C(OC3OC(CO)C(O)C(O)C3O)C(O)C2O)C(O)C1O)C(O)/C=C/CCCCCCCCC. The first-order valence-electron chi connectivity index (χ1n) is 37.7. The zero-order chi connectivity index (χ0) is 67.5. The normalized spacial score (nSPS) is 27.7. The molecule has 0 aromatic heterocycles. The summed E-state index contributed by atoms with van der Waals surface area (Å²) in [7, 11) is 0. The molecule has 17 atom stereocenters. The van der Waals surface area contributed by atoms with Crippen LogP contribution < -0.4 is 5.32 Å². The predicted octanol–water partition coefficient (Wildman–Crippen LogP) is 11.2. The van der Waals surface area contributed by atoms with Crippen LogP contribution >= 0.6 is 0 Å². The summed E-state index contributed by atoms with van der Waals surface area (Å²) in [5, 5.41) is 120. The van der Waals surface area contributed by atoms with Crippen molar-refractivity contribution < 1.29 is 89.4 Å². The van der Waals surface area contributed by atoms with Crippen LogP contribution in [-0.4, -0.2) is 193 Å². The minimum atomic E-state index is -1.98. The molecule has 1 amide bonds. The van der Waals surface area contributed by atoms with E-state index in [0.717, 1.165) is 51.4 Å². The third-order valence-electron chi connectivity index (χ3n) is 18.9. The van der Waals surface area contributed by atoms with Gasteiger partial charge in [-0.2, -0.15) is 0 Å². The Kier molecular flexibility index (Phi) is 51.2. The summed E-state index contributed by atoms with van der Waals surface area (Å²) in [6.07, 6.45) is 40.6. The lowest BCUT2D eigenvalue weighted by atomic mass is 9.96. The van der Waals surface area contributed by atoms with Gasteiger partial charge in [0.1, 0.15) is 73.2 Å². The van der Waals surface area contributed by atoms with Gasteiger partial charge in [-0.25, -0.2) is 0 Å². The molecule has 3 heterocycles. The third-order valence-corrected chi connectivity index (χ3v) is 18.9. The fourth-order valence-electron chi connectivity index (χ4n) is 12.8. The minimum Gasteiger partial charge on any atom is -0.394 e. The zero-order valence-electron chi connectivity index (χ0n) is 58.0. The van der Waals surface area contributed by atoms with Crippen molar-refractivity contribution in [1.29, 1.82) is 0 Å². The number of hydrogen-bond acceptors (Lipinski definition) is 18. The largest absolute Gasteiger partial charge is 0.394 e. The second-order valence-corrected chi connectivity index (χ2v) is 27.1. The van der Waals surface area contributed by atoms with E-state index in [9.17, 15) is 61.0 Å². The summed E-state index contributed by atoms with van der Waals surface area (Å²) >= 11 is 0. The summed E-state index contributed by atoms with van der Waals surface area (Å²) in [5.41, 5.74) is 0. The van der Waals surface area contributed by atoms with Crippen LogP contribution in [0.15, 0.2) is 36.5 Å². The van der Waals surface area contributed by atoms with Crippen molar-refractivity contribution in [2.24, 2.45) is 0 Å². The zero-order valence-corrected chi connectivity index (χ0v) is 58.0. The topological polar surface area (TPSA) is 307 Å². The maximum Gasteiger partial charge on any atom is 0.220 e. The number of rotatable bonds is 59. The molecule has 17 unspecified atom stereocenters. The highest BCUT2D eigenvalue weighted by Gasteiger charge is 2.53. The molecular weight excluding hydrogens is 1190 g/mol. The molecule has 3 saturated heterocycles. The number of carbonyl (C=O) groups is 1. The molecule has 0 aromatic rings. The molecule has 19 nitrogen and oxygen atoms in total. The number of ether oxygens (including phenoxy) is 6. The number of aliphatic hydroxyl groups is 11.